The number of likely N-dealkylation sites (tertiary alicyclic amines) is 1. The van der Waals surface area contributed by atoms with Crippen LogP contribution in [0.4, 0.5) is 0 Å². The highest BCUT2D eigenvalue weighted by Gasteiger charge is 2.32. The highest BCUT2D eigenvalue weighted by Crippen LogP contribution is 2.24. The largest absolute Gasteiger partial charge is 0.497 e. The molecule has 0 unspecified atom stereocenters. The quantitative estimate of drug-likeness (QED) is 0.832. The number of amides is 1. The summed E-state index contributed by atoms with van der Waals surface area (Å²) in [6.45, 7) is 1.36. The van der Waals surface area contributed by atoms with E-state index in [9.17, 15) is 4.79 Å². The normalized spacial score (nSPS) is 17.9. The lowest BCUT2D eigenvalue weighted by Gasteiger charge is -2.24. The summed E-state index contributed by atoms with van der Waals surface area (Å²) < 4.78 is 10.9. The van der Waals surface area contributed by atoms with Gasteiger partial charge in [0.15, 0.2) is 0 Å². The number of nitrogens with zero attached hydrogens (tertiary/aromatic N) is 4. The Balaban J connectivity index is 1.70. The maximum absolute atomic E-state index is 12.2. The number of methoxy groups -OCH3 is 1. The summed E-state index contributed by atoms with van der Waals surface area (Å²) >= 11 is 0. The number of likely N-dealkylation sites (N-methyl/N-ethyl adjacent to an activating group) is 1. The minimum Gasteiger partial charge on any atom is -0.497 e. The molecule has 24 heavy (non-hydrogen) atoms. The second kappa shape index (κ2) is 7.00. The van der Waals surface area contributed by atoms with Gasteiger partial charge in [-0.2, -0.15) is 0 Å². The predicted molar refractivity (Wildman–Crippen MR) is 88.4 cm³/mol. The molecule has 0 saturated carbocycles. The molecule has 1 aromatic heterocycles. The lowest BCUT2D eigenvalue weighted by Crippen LogP contribution is -2.42. The summed E-state index contributed by atoms with van der Waals surface area (Å²) in [6, 6.07) is 7.36. The predicted octanol–water partition coefficient (Wildman–Crippen LogP) is 1.80. The van der Waals surface area contributed by atoms with Crippen LogP contribution in [-0.4, -0.2) is 59.7 Å². The molecule has 1 aliphatic rings. The number of carbonyl (C=O) groups is 1. The van der Waals surface area contributed by atoms with Gasteiger partial charge in [0, 0.05) is 19.7 Å². The van der Waals surface area contributed by atoms with E-state index in [4.69, 9.17) is 9.15 Å². The van der Waals surface area contributed by atoms with Gasteiger partial charge in [0.1, 0.15) is 5.75 Å². The van der Waals surface area contributed by atoms with Gasteiger partial charge in [0.25, 0.3) is 0 Å². The molecule has 1 fully saturated rings. The molecule has 0 bridgehead atoms. The Hall–Kier alpha value is -2.41. The lowest BCUT2D eigenvalue weighted by atomic mass is 10.2. The monoisotopic (exact) mass is 330 g/mol. The van der Waals surface area contributed by atoms with E-state index in [1.807, 2.05) is 24.3 Å². The number of carbonyl (C=O) groups excluding carboxylic acids is 1. The topological polar surface area (TPSA) is 71.7 Å². The molecule has 1 saturated heterocycles. The second-order valence-corrected chi connectivity index (χ2v) is 6.09. The number of benzene rings is 1. The van der Waals surface area contributed by atoms with Crippen LogP contribution in [0.2, 0.25) is 0 Å². The first kappa shape index (κ1) is 16.4. The van der Waals surface area contributed by atoms with Crippen LogP contribution in [0, 0.1) is 0 Å². The number of aromatic nitrogens is 2. The van der Waals surface area contributed by atoms with Gasteiger partial charge in [-0.05, 0) is 43.7 Å². The smallest absolute Gasteiger partial charge is 0.247 e. The van der Waals surface area contributed by atoms with Gasteiger partial charge in [0.2, 0.25) is 17.7 Å². The third-order valence-corrected chi connectivity index (χ3v) is 4.23. The van der Waals surface area contributed by atoms with Gasteiger partial charge in [-0.1, -0.05) is 0 Å². The van der Waals surface area contributed by atoms with Crippen molar-refractivity contribution in [3.8, 4) is 17.2 Å². The molecular weight excluding hydrogens is 308 g/mol. The van der Waals surface area contributed by atoms with E-state index in [0.29, 0.717) is 18.3 Å². The van der Waals surface area contributed by atoms with Crippen molar-refractivity contribution in [2.24, 2.45) is 0 Å². The molecule has 3 rings (SSSR count). The zero-order valence-corrected chi connectivity index (χ0v) is 14.2. The molecule has 1 aliphatic heterocycles. The lowest BCUT2D eigenvalue weighted by molar-refractivity contribution is -0.133. The van der Waals surface area contributed by atoms with Crippen molar-refractivity contribution in [3.63, 3.8) is 0 Å². The fourth-order valence-electron chi connectivity index (χ4n) is 2.93. The first-order chi connectivity index (χ1) is 11.6. The van der Waals surface area contributed by atoms with Crippen LogP contribution >= 0.6 is 0 Å². The van der Waals surface area contributed by atoms with Crippen LogP contribution in [-0.2, 0) is 11.3 Å². The molecule has 128 valence electrons. The van der Waals surface area contributed by atoms with Gasteiger partial charge in [-0.3, -0.25) is 9.69 Å². The first-order valence-electron chi connectivity index (χ1n) is 8.00. The van der Waals surface area contributed by atoms with Crippen LogP contribution in [0.15, 0.2) is 28.7 Å². The van der Waals surface area contributed by atoms with Crippen molar-refractivity contribution in [2.45, 2.75) is 25.4 Å². The van der Waals surface area contributed by atoms with E-state index in [2.05, 4.69) is 15.1 Å². The van der Waals surface area contributed by atoms with E-state index in [0.717, 1.165) is 30.7 Å². The molecule has 0 spiro atoms. The van der Waals surface area contributed by atoms with E-state index < -0.39 is 0 Å². The molecule has 7 heteroatoms. The van der Waals surface area contributed by atoms with Crippen LogP contribution < -0.4 is 4.74 Å². The van der Waals surface area contributed by atoms with Crippen LogP contribution in [0.5, 0.6) is 5.75 Å². The maximum atomic E-state index is 12.2. The molecule has 7 nitrogen and oxygen atoms in total. The van der Waals surface area contributed by atoms with Crippen molar-refractivity contribution in [2.75, 3.05) is 27.7 Å². The molecule has 0 N–H and O–H groups in total. The fourth-order valence-corrected chi connectivity index (χ4v) is 2.93. The minimum atomic E-state index is -0.101. The van der Waals surface area contributed by atoms with Crippen molar-refractivity contribution >= 4 is 5.91 Å². The fraction of sp³-hybridized carbons (Fsp3) is 0.471. The average Bonchev–Trinajstić information content (AvgIpc) is 3.24. The summed E-state index contributed by atoms with van der Waals surface area (Å²) in [6.07, 6.45) is 1.88. The van der Waals surface area contributed by atoms with Gasteiger partial charge in [-0.15, -0.1) is 10.2 Å². The Morgan fingerprint density at radius 2 is 2.08 bits per heavy atom. The van der Waals surface area contributed by atoms with Crippen LogP contribution in [0.25, 0.3) is 11.5 Å². The highest BCUT2D eigenvalue weighted by atomic mass is 16.5. The van der Waals surface area contributed by atoms with Crippen LogP contribution in [0.3, 0.4) is 0 Å². The molecule has 2 aromatic rings. The minimum absolute atomic E-state index is 0.101. The Bertz CT molecular complexity index is 696. The number of hydrogen-bond donors (Lipinski definition) is 0. The SMILES string of the molecule is COc1ccc(-c2nnc(CN3CCC[C@@H]3C(=O)N(C)C)o2)cc1. The summed E-state index contributed by atoms with van der Waals surface area (Å²) in [4.78, 5) is 16.0. The van der Waals surface area contributed by atoms with E-state index in [-0.39, 0.29) is 11.9 Å². The summed E-state index contributed by atoms with van der Waals surface area (Å²) in [5.41, 5.74) is 0.844. The zero-order chi connectivity index (χ0) is 17.1. The van der Waals surface area contributed by atoms with Crippen molar-refractivity contribution in [1.82, 2.24) is 20.0 Å². The molecule has 0 radical (unpaired) electrons. The Labute approximate surface area is 141 Å². The van der Waals surface area contributed by atoms with Gasteiger partial charge in [-0.25, -0.2) is 0 Å². The third kappa shape index (κ3) is 3.41. The van der Waals surface area contributed by atoms with Gasteiger partial charge < -0.3 is 14.1 Å². The maximum Gasteiger partial charge on any atom is 0.247 e. The standard InChI is InChI=1S/C17H22N4O3/c1-20(2)17(22)14-5-4-10-21(14)11-15-18-19-16(24-15)12-6-8-13(23-3)9-7-12/h6-9,14H,4-5,10-11H2,1-3H3/t14-/m1/s1. The highest BCUT2D eigenvalue weighted by molar-refractivity contribution is 5.81. The molecule has 1 amide bonds. The van der Waals surface area contributed by atoms with Crippen molar-refractivity contribution < 1.29 is 13.9 Å². The van der Waals surface area contributed by atoms with Crippen LogP contribution in [0.1, 0.15) is 18.7 Å². The van der Waals surface area contributed by atoms with Crippen molar-refractivity contribution in [1.29, 1.82) is 0 Å². The summed E-state index contributed by atoms with van der Waals surface area (Å²) in [5, 5.41) is 8.23. The average molecular weight is 330 g/mol. The van der Waals surface area contributed by atoms with Gasteiger partial charge in [0.05, 0.1) is 19.7 Å². The number of hydrogen-bond acceptors (Lipinski definition) is 6. The molecule has 1 aromatic carbocycles. The zero-order valence-electron chi connectivity index (χ0n) is 14.2. The van der Waals surface area contributed by atoms with Gasteiger partial charge >= 0.3 is 0 Å². The number of ether oxygens (including phenoxy) is 1. The Kier molecular flexibility index (Phi) is 4.80. The number of rotatable bonds is 5. The van der Waals surface area contributed by atoms with E-state index >= 15 is 0 Å². The molecule has 0 aliphatic carbocycles. The third-order valence-electron chi connectivity index (χ3n) is 4.23. The second-order valence-electron chi connectivity index (χ2n) is 6.09. The van der Waals surface area contributed by atoms with E-state index in [1.165, 1.54) is 0 Å². The van der Waals surface area contributed by atoms with Crippen molar-refractivity contribution in [3.05, 3.63) is 30.2 Å². The summed E-state index contributed by atoms with van der Waals surface area (Å²) in [7, 11) is 5.20. The summed E-state index contributed by atoms with van der Waals surface area (Å²) in [5.74, 6) is 1.91. The Morgan fingerprint density at radius 3 is 2.75 bits per heavy atom. The van der Waals surface area contributed by atoms with E-state index in [1.54, 1.807) is 26.1 Å². The first-order valence-corrected chi connectivity index (χ1v) is 8.00. The Morgan fingerprint density at radius 1 is 1.33 bits per heavy atom. The molecule has 2 heterocycles. The molecule has 1 atom stereocenters. The molecular formula is C17H22N4O3.